The first kappa shape index (κ1) is 20.5. The molecule has 136 valence electrons. The quantitative estimate of drug-likeness (QED) is 0.243. The predicted octanol–water partition coefficient (Wildman–Crippen LogP) is 2.33. The van der Waals surface area contributed by atoms with Crippen LogP contribution in [0.3, 0.4) is 0 Å². The molecule has 0 aliphatic carbocycles. The lowest BCUT2D eigenvalue weighted by molar-refractivity contribution is -0.139. The summed E-state index contributed by atoms with van der Waals surface area (Å²) < 4.78 is 14.5. The summed E-state index contributed by atoms with van der Waals surface area (Å²) >= 11 is 0. The van der Waals surface area contributed by atoms with Crippen molar-refractivity contribution < 1.29 is 23.8 Å². The van der Waals surface area contributed by atoms with Gasteiger partial charge in [-0.2, -0.15) is 5.26 Å². The SMILES string of the molecule is C=C(C(=O)OC)/C(C(=O)OC)=C(/C=C(/C#N)N(C)c1ccccc1)OC. The van der Waals surface area contributed by atoms with Crippen molar-refractivity contribution in [2.45, 2.75) is 0 Å². The first-order valence-electron chi connectivity index (χ1n) is 7.45. The smallest absolute Gasteiger partial charge is 0.342 e. The van der Waals surface area contributed by atoms with E-state index in [1.165, 1.54) is 13.2 Å². The lowest BCUT2D eigenvalue weighted by atomic mass is 10.1. The van der Waals surface area contributed by atoms with Crippen LogP contribution in [0.1, 0.15) is 0 Å². The predicted molar refractivity (Wildman–Crippen MR) is 95.7 cm³/mol. The second-order valence-electron chi connectivity index (χ2n) is 4.94. The van der Waals surface area contributed by atoms with Crippen molar-refractivity contribution in [3.05, 3.63) is 65.6 Å². The Balaban J connectivity index is 3.50. The molecule has 1 rings (SSSR count). The van der Waals surface area contributed by atoms with E-state index >= 15 is 0 Å². The fraction of sp³-hybridized carbons (Fsp3) is 0.211. The van der Waals surface area contributed by atoms with E-state index in [0.717, 1.165) is 19.9 Å². The second-order valence-corrected chi connectivity index (χ2v) is 4.94. The number of allylic oxidation sites excluding steroid dienone is 2. The molecule has 0 heterocycles. The number of nitriles is 1. The molecule has 0 unspecified atom stereocenters. The Morgan fingerprint density at radius 2 is 1.65 bits per heavy atom. The maximum absolute atomic E-state index is 12.1. The topological polar surface area (TPSA) is 88.9 Å². The van der Waals surface area contributed by atoms with Gasteiger partial charge >= 0.3 is 11.9 Å². The maximum atomic E-state index is 12.1. The van der Waals surface area contributed by atoms with Gasteiger partial charge in [0.1, 0.15) is 23.1 Å². The molecule has 1 aromatic rings. The summed E-state index contributed by atoms with van der Waals surface area (Å²) in [6.07, 6.45) is 1.33. The molecular weight excluding hydrogens is 336 g/mol. The fourth-order valence-electron chi connectivity index (χ4n) is 2.05. The van der Waals surface area contributed by atoms with Gasteiger partial charge in [0.15, 0.2) is 0 Å². The molecule has 0 aliphatic rings. The molecule has 26 heavy (non-hydrogen) atoms. The number of ether oxygens (including phenoxy) is 3. The molecule has 7 nitrogen and oxygen atoms in total. The molecule has 0 saturated heterocycles. The number of anilines is 1. The first-order chi connectivity index (χ1) is 12.4. The minimum absolute atomic E-state index is 0.0495. The van der Waals surface area contributed by atoms with E-state index in [4.69, 9.17) is 9.47 Å². The fourth-order valence-corrected chi connectivity index (χ4v) is 2.05. The van der Waals surface area contributed by atoms with Crippen molar-refractivity contribution in [1.29, 1.82) is 5.26 Å². The Hall–Kier alpha value is -3.53. The molecule has 7 heteroatoms. The van der Waals surface area contributed by atoms with Crippen LogP contribution in [0.2, 0.25) is 0 Å². The van der Waals surface area contributed by atoms with Gasteiger partial charge in [-0.15, -0.1) is 0 Å². The summed E-state index contributed by atoms with van der Waals surface area (Å²) in [6.45, 7) is 3.56. The Bertz CT molecular complexity index is 788. The highest BCUT2D eigenvalue weighted by atomic mass is 16.5. The van der Waals surface area contributed by atoms with Gasteiger partial charge in [-0.1, -0.05) is 24.8 Å². The van der Waals surface area contributed by atoms with Crippen LogP contribution in [-0.2, 0) is 23.8 Å². The zero-order chi connectivity index (χ0) is 19.7. The molecule has 0 N–H and O–H groups in total. The molecular formula is C19H20N2O5. The summed E-state index contributed by atoms with van der Waals surface area (Å²) in [5.74, 6) is -1.71. The molecule has 0 spiro atoms. The molecule has 1 aromatic carbocycles. The first-order valence-corrected chi connectivity index (χ1v) is 7.45. The van der Waals surface area contributed by atoms with E-state index in [2.05, 4.69) is 11.3 Å². The van der Waals surface area contributed by atoms with E-state index in [9.17, 15) is 14.9 Å². The average molecular weight is 356 g/mol. The van der Waals surface area contributed by atoms with Crippen molar-refractivity contribution in [3.63, 3.8) is 0 Å². The molecule has 0 aromatic heterocycles. The molecule has 0 aliphatic heterocycles. The summed E-state index contributed by atoms with van der Waals surface area (Å²) in [6, 6.07) is 11.2. The summed E-state index contributed by atoms with van der Waals surface area (Å²) in [4.78, 5) is 25.5. The number of hydrogen-bond acceptors (Lipinski definition) is 7. The summed E-state index contributed by atoms with van der Waals surface area (Å²) in [7, 11) is 5.31. The molecule has 0 bridgehead atoms. The number of methoxy groups -OCH3 is 3. The third-order valence-electron chi connectivity index (χ3n) is 3.48. The zero-order valence-electron chi connectivity index (χ0n) is 15.1. The summed E-state index contributed by atoms with van der Waals surface area (Å²) in [5.41, 5.74) is 0.456. The number of para-hydroxylation sites is 1. The Labute approximate surface area is 152 Å². The molecule has 0 saturated carbocycles. The van der Waals surface area contributed by atoms with Gasteiger partial charge in [0.05, 0.1) is 26.9 Å². The Kier molecular flexibility index (Phi) is 7.65. The van der Waals surface area contributed by atoms with E-state index in [-0.39, 0.29) is 22.6 Å². The van der Waals surface area contributed by atoms with Crippen LogP contribution in [0, 0.1) is 11.3 Å². The van der Waals surface area contributed by atoms with Gasteiger partial charge in [0, 0.05) is 18.8 Å². The number of benzene rings is 1. The van der Waals surface area contributed by atoms with Gasteiger partial charge in [-0.05, 0) is 12.1 Å². The van der Waals surface area contributed by atoms with Crippen molar-refractivity contribution in [3.8, 4) is 6.07 Å². The average Bonchev–Trinajstić information content (AvgIpc) is 2.69. The molecule has 0 fully saturated rings. The second kappa shape index (κ2) is 9.69. The van der Waals surface area contributed by atoms with Crippen LogP contribution in [0.4, 0.5) is 5.69 Å². The minimum atomic E-state index is -0.840. The highest BCUT2D eigenvalue weighted by molar-refractivity contribution is 6.07. The Morgan fingerprint density at radius 1 is 1.08 bits per heavy atom. The summed E-state index contributed by atoms with van der Waals surface area (Å²) in [5, 5.41) is 9.51. The zero-order valence-corrected chi connectivity index (χ0v) is 15.1. The number of hydrogen-bond donors (Lipinski definition) is 0. The lowest BCUT2D eigenvalue weighted by Crippen LogP contribution is -2.19. The van der Waals surface area contributed by atoms with Crippen LogP contribution in [0.25, 0.3) is 0 Å². The monoisotopic (exact) mass is 356 g/mol. The lowest BCUT2D eigenvalue weighted by Gasteiger charge is -2.19. The van der Waals surface area contributed by atoms with E-state index in [1.54, 1.807) is 11.9 Å². The van der Waals surface area contributed by atoms with Crippen molar-refractivity contribution in [2.24, 2.45) is 0 Å². The molecule has 0 radical (unpaired) electrons. The highest BCUT2D eigenvalue weighted by Crippen LogP contribution is 2.22. The van der Waals surface area contributed by atoms with Crippen molar-refractivity contribution in [2.75, 3.05) is 33.3 Å². The maximum Gasteiger partial charge on any atom is 0.342 e. The van der Waals surface area contributed by atoms with E-state index in [1.807, 2.05) is 36.4 Å². The van der Waals surface area contributed by atoms with Crippen LogP contribution >= 0.6 is 0 Å². The van der Waals surface area contributed by atoms with Gasteiger partial charge in [0.25, 0.3) is 0 Å². The van der Waals surface area contributed by atoms with Crippen LogP contribution < -0.4 is 4.90 Å². The van der Waals surface area contributed by atoms with Gasteiger partial charge in [0.2, 0.25) is 0 Å². The largest absolute Gasteiger partial charge is 0.496 e. The van der Waals surface area contributed by atoms with Crippen molar-refractivity contribution >= 4 is 17.6 Å². The van der Waals surface area contributed by atoms with Crippen molar-refractivity contribution in [1.82, 2.24) is 0 Å². The minimum Gasteiger partial charge on any atom is -0.496 e. The third-order valence-corrected chi connectivity index (χ3v) is 3.48. The van der Waals surface area contributed by atoms with Crippen LogP contribution in [0.15, 0.2) is 65.6 Å². The number of esters is 2. The number of carbonyl (C=O) groups is 2. The van der Waals surface area contributed by atoms with E-state index < -0.39 is 11.9 Å². The normalized spacial score (nSPS) is 11.6. The van der Waals surface area contributed by atoms with Crippen LogP contribution in [-0.4, -0.2) is 40.3 Å². The molecule has 0 atom stereocenters. The number of rotatable bonds is 7. The van der Waals surface area contributed by atoms with Crippen LogP contribution in [0.5, 0.6) is 0 Å². The van der Waals surface area contributed by atoms with Gasteiger partial charge < -0.3 is 19.1 Å². The van der Waals surface area contributed by atoms with Gasteiger partial charge in [-0.3, -0.25) is 0 Å². The van der Waals surface area contributed by atoms with Gasteiger partial charge in [-0.25, -0.2) is 9.59 Å². The van der Waals surface area contributed by atoms with E-state index in [0.29, 0.717) is 0 Å². The third kappa shape index (κ3) is 4.74. The molecule has 0 amide bonds. The standard InChI is InChI=1S/C19H20N2O5/c1-13(18(22)25-4)17(19(23)26-5)16(24-3)11-15(12-20)21(2)14-9-7-6-8-10-14/h6-11H,1H2,2-5H3/b15-11-,17-16+. The number of nitrogens with zero attached hydrogens (tertiary/aromatic N) is 2. The number of carbonyl (C=O) groups excluding carboxylic acids is 2. The Morgan fingerprint density at radius 3 is 2.12 bits per heavy atom. The highest BCUT2D eigenvalue weighted by Gasteiger charge is 2.25.